The van der Waals surface area contributed by atoms with Gasteiger partial charge in [-0.05, 0) is 26.0 Å². The van der Waals surface area contributed by atoms with Crippen LogP contribution in [-0.2, 0) is 4.79 Å². The van der Waals surface area contributed by atoms with E-state index in [0.29, 0.717) is 11.1 Å². The number of benzene rings is 1. The normalized spacial score (nSPS) is 15.8. The summed E-state index contributed by atoms with van der Waals surface area (Å²) >= 11 is 5.98. The summed E-state index contributed by atoms with van der Waals surface area (Å²) in [6.45, 7) is 0.254. The number of non-ortho nitro benzene ring substituents is 1. The molecule has 1 amide bonds. The van der Waals surface area contributed by atoms with E-state index in [-0.39, 0.29) is 23.8 Å². The van der Waals surface area contributed by atoms with Crippen molar-refractivity contribution in [2.24, 2.45) is 0 Å². The molecule has 1 saturated carbocycles. The molecule has 0 saturated heterocycles. The Morgan fingerprint density at radius 1 is 1.41 bits per heavy atom. The lowest BCUT2D eigenvalue weighted by atomic mass is 9.94. The first-order chi connectivity index (χ1) is 10.5. The SMILES string of the molecule is CN(CC(=O)Nc1cc([N+](=O)[O-])ccc1Cl)C1CCCCC1. The van der Waals surface area contributed by atoms with Crippen LogP contribution in [0.2, 0.25) is 5.02 Å². The van der Waals surface area contributed by atoms with Gasteiger partial charge in [-0.3, -0.25) is 19.8 Å². The van der Waals surface area contributed by atoms with Crippen LogP contribution in [0, 0.1) is 10.1 Å². The van der Waals surface area contributed by atoms with Crippen molar-refractivity contribution in [1.82, 2.24) is 4.90 Å². The van der Waals surface area contributed by atoms with Crippen molar-refractivity contribution in [1.29, 1.82) is 0 Å². The lowest BCUT2D eigenvalue weighted by Gasteiger charge is -2.30. The highest BCUT2D eigenvalue weighted by Crippen LogP contribution is 2.27. The molecule has 1 aliphatic carbocycles. The van der Waals surface area contributed by atoms with Crippen LogP contribution in [0.4, 0.5) is 11.4 Å². The molecule has 1 aromatic rings. The van der Waals surface area contributed by atoms with Gasteiger partial charge in [-0.1, -0.05) is 30.9 Å². The third-order valence-corrected chi connectivity index (χ3v) is 4.36. The summed E-state index contributed by atoms with van der Waals surface area (Å²) in [5, 5.41) is 13.7. The van der Waals surface area contributed by atoms with E-state index in [0.717, 1.165) is 12.8 Å². The Morgan fingerprint density at radius 3 is 2.73 bits per heavy atom. The van der Waals surface area contributed by atoms with Crippen molar-refractivity contribution >= 4 is 28.9 Å². The average Bonchev–Trinajstić information content (AvgIpc) is 2.50. The van der Waals surface area contributed by atoms with Crippen molar-refractivity contribution in [3.8, 4) is 0 Å². The van der Waals surface area contributed by atoms with Crippen LogP contribution < -0.4 is 5.32 Å². The second kappa shape index (κ2) is 7.56. The Hall–Kier alpha value is -1.66. The van der Waals surface area contributed by atoms with Gasteiger partial charge in [-0.15, -0.1) is 0 Å². The zero-order chi connectivity index (χ0) is 16.1. The van der Waals surface area contributed by atoms with E-state index in [1.807, 2.05) is 11.9 Å². The molecular weight excluding hydrogens is 306 g/mol. The molecule has 2 rings (SSSR count). The summed E-state index contributed by atoms with van der Waals surface area (Å²) in [5.41, 5.74) is 0.179. The molecule has 0 unspecified atom stereocenters. The topological polar surface area (TPSA) is 75.5 Å². The molecule has 0 atom stereocenters. The van der Waals surface area contributed by atoms with Crippen molar-refractivity contribution in [2.45, 2.75) is 38.1 Å². The van der Waals surface area contributed by atoms with E-state index in [4.69, 9.17) is 11.6 Å². The number of rotatable bonds is 5. The Morgan fingerprint density at radius 2 is 2.09 bits per heavy atom. The second-order valence-corrected chi connectivity index (χ2v) is 6.08. The first-order valence-electron chi connectivity index (χ1n) is 7.41. The number of likely N-dealkylation sites (N-methyl/N-ethyl adjacent to an activating group) is 1. The van der Waals surface area contributed by atoms with Crippen LogP contribution in [0.1, 0.15) is 32.1 Å². The molecular formula is C15H20ClN3O3. The van der Waals surface area contributed by atoms with Crippen molar-refractivity contribution in [3.63, 3.8) is 0 Å². The number of nitro benzene ring substituents is 1. The van der Waals surface area contributed by atoms with Crippen molar-refractivity contribution < 1.29 is 9.72 Å². The Bertz CT molecular complexity index is 559. The summed E-state index contributed by atoms with van der Waals surface area (Å²) < 4.78 is 0. The standard InChI is InChI=1S/C15H20ClN3O3/c1-18(11-5-3-2-4-6-11)10-15(20)17-14-9-12(19(21)22)7-8-13(14)16/h7-9,11H,2-6,10H2,1H3,(H,17,20). The lowest BCUT2D eigenvalue weighted by molar-refractivity contribution is -0.384. The number of hydrogen-bond donors (Lipinski definition) is 1. The van der Waals surface area contributed by atoms with Gasteiger partial charge in [0.2, 0.25) is 5.91 Å². The third-order valence-electron chi connectivity index (χ3n) is 4.03. The van der Waals surface area contributed by atoms with Gasteiger partial charge in [0.15, 0.2) is 0 Å². The Balaban J connectivity index is 1.96. The highest BCUT2D eigenvalue weighted by Gasteiger charge is 2.20. The number of carbonyl (C=O) groups is 1. The predicted octanol–water partition coefficient (Wildman–Crippen LogP) is 3.45. The van der Waals surface area contributed by atoms with Crippen LogP contribution in [-0.4, -0.2) is 35.4 Å². The van der Waals surface area contributed by atoms with Crippen LogP contribution in [0.25, 0.3) is 0 Å². The summed E-state index contributed by atoms with van der Waals surface area (Å²) in [6.07, 6.45) is 5.89. The molecule has 22 heavy (non-hydrogen) atoms. The molecule has 0 radical (unpaired) electrons. The molecule has 7 heteroatoms. The van der Waals surface area contributed by atoms with Gasteiger partial charge in [-0.25, -0.2) is 0 Å². The maximum absolute atomic E-state index is 12.1. The molecule has 0 heterocycles. The first kappa shape index (κ1) is 16.7. The van der Waals surface area contributed by atoms with Gasteiger partial charge in [0.25, 0.3) is 5.69 Å². The molecule has 1 aromatic carbocycles. The summed E-state index contributed by atoms with van der Waals surface area (Å²) in [6, 6.07) is 4.44. The van der Waals surface area contributed by atoms with Crippen LogP contribution in [0.5, 0.6) is 0 Å². The molecule has 0 bridgehead atoms. The molecule has 1 fully saturated rings. The Labute approximate surface area is 134 Å². The van der Waals surface area contributed by atoms with Crippen LogP contribution in [0.15, 0.2) is 18.2 Å². The van der Waals surface area contributed by atoms with Gasteiger partial charge in [0.1, 0.15) is 0 Å². The number of halogens is 1. The predicted molar refractivity (Wildman–Crippen MR) is 86.2 cm³/mol. The van der Waals surface area contributed by atoms with Gasteiger partial charge in [0, 0.05) is 18.2 Å². The number of nitro groups is 1. The van der Waals surface area contributed by atoms with Gasteiger partial charge in [0.05, 0.1) is 22.2 Å². The summed E-state index contributed by atoms with van der Waals surface area (Å²) in [4.78, 5) is 24.4. The minimum atomic E-state index is -0.514. The number of hydrogen-bond acceptors (Lipinski definition) is 4. The van der Waals surface area contributed by atoms with Gasteiger partial charge >= 0.3 is 0 Å². The first-order valence-corrected chi connectivity index (χ1v) is 7.79. The van der Waals surface area contributed by atoms with E-state index in [1.54, 1.807) is 0 Å². The number of carbonyl (C=O) groups excluding carboxylic acids is 1. The van der Waals surface area contributed by atoms with Gasteiger partial charge < -0.3 is 5.32 Å². The maximum Gasteiger partial charge on any atom is 0.271 e. The lowest BCUT2D eigenvalue weighted by Crippen LogP contribution is -2.39. The highest BCUT2D eigenvalue weighted by molar-refractivity contribution is 6.33. The fourth-order valence-electron chi connectivity index (χ4n) is 2.79. The molecule has 120 valence electrons. The monoisotopic (exact) mass is 325 g/mol. The maximum atomic E-state index is 12.1. The molecule has 1 aliphatic rings. The minimum Gasteiger partial charge on any atom is -0.323 e. The smallest absolute Gasteiger partial charge is 0.271 e. The summed E-state index contributed by atoms with van der Waals surface area (Å²) in [5.74, 6) is -0.213. The molecule has 6 nitrogen and oxygen atoms in total. The second-order valence-electron chi connectivity index (χ2n) is 5.68. The molecule has 0 aromatic heterocycles. The van der Waals surface area contributed by atoms with Crippen LogP contribution >= 0.6 is 11.6 Å². The molecule has 0 aliphatic heterocycles. The summed E-state index contributed by atoms with van der Waals surface area (Å²) in [7, 11) is 1.94. The quantitative estimate of drug-likeness (QED) is 0.664. The van der Waals surface area contributed by atoms with E-state index in [1.165, 1.54) is 37.5 Å². The average molecular weight is 326 g/mol. The zero-order valence-corrected chi connectivity index (χ0v) is 13.3. The van der Waals surface area contributed by atoms with Gasteiger partial charge in [-0.2, -0.15) is 0 Å². The van der Waals surface area contributed by atoms with Crippen molar-refractivity contribution in [2.75, 3.05) is 18.9 Å². The Kier molecular flexibility index (Phi) is 5.74. The molecule has 1 N–H and O–H groups in total. The van der Waals surface area contributed by atoms with E-state index in [9.17, 15) is 14.9 Å². The number of nitrogens with one attached hydrogen (secondary N) is 1. The number of amides is 1. The largest absolute Gasteiger partial charge is 0.323 e. The van der Waals surface area contributed by atoms with E-state index in [2.05, 4.69) is 5.32 Å². The fraction of sp³-hybridized carbons (Fsp3) is 0.533. The van der Waals surface area contributed by atoms with E-state index >= 15 is 0 Å². The molecule has 0 spiro atoms. The fourth-order valence-corrected chi connectivity index (χ4v) is 2.95. The minimum absolute atomic E-state index is 0.0969. The number of nitrogens with zero attached hydrogens (tertiary/aromatic N) is 2. The third kappa shape index (κ3) is 4.42. The number of anilines is 1. The van der Waals surface area contributed by atoms with Crippen LogP contribution in [0.3, 0.4) is 0 Å². The highest BCUT2D eigenvalue weighted by atomic mass is 35.5. The van der Waals surface area contributed by atoms with Crippen molar-refractivity contribution in [3.05, 3.63) is 33.3 Å². The van der Waals surface area contributed by atoms with E-state index < -0.39 is 4.92 Å². The zero-order valence-electron chi connectivity index (χ0n) is 12.5.